The van der Waals surface area contributed by atoms with Crippen LogP contribution in [0.2, 0.25) is 0 Å². The molecule has 0 radical (unpaired) electrons. The fourth-order valence-electron chi connectivity index (χ4n) is 8.71. The first kappa shape index (κ1) is 26.6. The Morgan fingerprint density at radius 3 is 1.73 bits per heavy atom. The lowest BCUT2D eigenvalue weighted by molar-refractivity contribution is 1.18. The lowest BCUT2D eigenvalue weighted by Gasteiger charge is -2.15. The molecule has 11 rings (SSSR count). The number of allylic oxidation sites excluding steroid dienone is 2. The second-order valence-electron chi connectivity index (χ2n) is 13.2. The molecule has 226 valence electrons. The SMILES string of the molecule is c1ccc(-n2c3ccccc3c3cc(C4=C5C(=C(c6cccc7ccccc67)c6ccccc65)c5ccc6ccccc6c54)ccc32)cc1. The van der Waals surface area contributed by atoms with E-state index in [2.05, 4.69) is 180 Å². The first-order valence-corrected chi connectivity index (χ1v) is 17.0. The van der Waals surface area contributed by atoms with Gasteiger partial charge in [0.05, 0.1) is 11.0 Å². The van der Waals surface area contributed by atoms with Crippen LogP contribution in [0.3, 0.4) is 0 Å². The molecule has 1 heteroatoms. The van der Waals surface area contributed by atoms with Gasteiger partial charge in [0.25, 0.3) is 0 Å². The van der Waals surface area contributed by atoms with Gasteiger partial charge in [-0.2, -0.15) is 0 Å². The number of hydrogen-bond acceptors (Lipinski definition) is 0. The molecule has 0 atom stereocenters. The summed E-state index contributed by atoms with van der Waals surface area (Å²) in [6, 6.07) is 64.9. The maximum Gasteiger partial charge on any atom is 0.0541 e. The van der Waals surface area contributed by atoms with Crippen LogP contribution in [-0.4, -0.2) is 4.57 Å². The van der Waals surface area contributed by atoms with E-state index in [0.29, 0.717) is 0 Å². The van der Waals surface area contributed by atoms with E-state index >= 15 is 0 Å². The molecule has 1 heterocycles. The lowest BCUT2D eigenvalue weighted by atomic mass is 9.88. The molecule has 2 aliphatic carbocycles. The Morgan fingerprint density at radius 2 is 0.898 bits per heavy atom. The van der Waals surface area contributed by atoms with Gasteiger partial charge >= 0.3 is 0 Å². The Labute approximate surface area is 284 Å². The highest BCUT2D eigenvalue weighted by molar-refractivity contribution is 6.38. The van der Waals surface area contributed by atoms with Crippen molar-refractivity contribution in [3.8, 4) is 5.69 Å². The molecule has 49 heavy (non-hydrogen) atoms. The zero-order valence-electron chi connectivity index (χ0n) is 26.7. The zero-order chi connectivity index (χ0) is 32.1. The molecular formula is C48H29N. The van der Waals surface area contributed by atoms with Crippen molar-refractivity contribution in [2.75, 3.05) is 0 Å². The highest BCUT2D eigenvalue weighted by Crippen LogP contribution is 2.60. The summed E-state index contributed by atoms with van der Waals surface area (Å²) in [4.78, 5) is 0. The number of fused-ring (bicyclic) bond motifs is 11. The summed E-state index contributed by atoms with van der Waals surface area (Å²) in [5.74, 6) is 0. The summed E-state index contributed by atoms with van der Waals surface area (Å²) in [5.41, 5.74) is 16.8. The minimum absolute atomic E-state index is 1.18. The van der Waals surface area contributed by atoms with E-state index in [1.165, 1.54) is 105 Å². The molecule has 8 aromatic carbocycles. The van der Waals surface area contributed by atoms with Gasteiger partial charge in [-0.25, -0.2) is 0 Å². The molecule has 0 N–H and O–H groups in total. The molecule has 0 aliphatic heterocycles. The van der Waals surface area contributed by atoms with Crippen molar-refractivity contribution in [3.05, 3.63) is 209 Å². The van der Waals surface area contributed by atoms with Crippen molar-refractivity contribution >= 4 is 65.6 Å². The van der Waals surface area contributed by atoms with Gasteiger partial charge in [-0.3, -0.25) is 0 Å². The lowest BCUT2D eigenvalue weighted by Crippen LogP contribution is -1.95. The van der Waals surface area contributed by atoms with Crippen molar-refractivity contribution < 1.29 is 0 Å². The Morgan fingerprint density at radius 1 is 0.306 bits per heavy atom. The smallest absolute Gasteiger partial charge is 0.0541 e. The van der Waals surface area contributed by atoms with Gasteiger partial charge in [0.2, 0.25) is 0 Å². The Kier molecular flexibility index (Phi) is 5.45. The van der Waals surface area contributed by atoms with Gasteiger partial charge in [-0.1, -0.05) is 146 Å². The van der Waals surface area contributed by atoms with Crippen molar-refractivity contribution in [1.29, 1.82) is 0 Å². The number of hydrogen-bond donors (Lipinski definition) is 0. The van der Waals surface area contributed by atoms with Gasteiger partial charge in [0.15, 0.2) is 0 Å². The largest absolute Gasteiger partial charge is 0.309 e. The Bertz CT molecular complexity index is 2910. The molecule has 2 aliphatic rings. The molecule has 0 saturated heterocycles. The van der Waals surface area contributed by atoms with Crippen LogP contribution in [0.1, 0.15) is 33.4 Å². The van der Waals surface area contributed by atoms with Crippen LogP contribution in [0.4, 0.5) is 0 Å². The van der Waals surface area contributed by atoms with Crippen LogP contribution in [0.5, 0.6) is 0 Å². The van der Waals surface area contributed by atoms with E-state index < -0.39 is 0 Å². The van der Waals surface area contributed by atoms with Crippen LogP contribution in [0, 0.1) is 0 Å². The normalized spacial score (nSPS) is 13.6. The van der Waals surface area contributed by atoms with Crippen molar-refractivity contribution in [1.82, 2.24) is 4.57 Å². The van der Waals surface area contributed by atoms with Gasteiger partial charge < -0.3 is 4.57 Å². The van der Waals surface area contributed by atoms with Crippen LogP contribution >= 0.6 is 0 Å². The fraction of sp³-hybridized carbons (Fsp3) is 0. The van der Waals surface area contributed by atoms with Crippen molar-refractivity contribution in [2.45, 2.75) is 0 Å². The topological polar surface area (TPSA) is 4.93 Å². The quantitative estimate of drug-likeness (QED) is 0.185. The Hall–Kier alpha value is -6.44. The molecule has 0 spiro atoms. The van der Waals surface area contributed by atoms with E-state index in [-0.39, 0.29) is 0 Å². The van der Waals surface area contributed by atoms with Gasteiger partial charge in [-0.05, 0) is 108 Å². The number of nitrogens with zero attached hydrogens (tertiary/aromatic N) is 1. The van der Waals surface area contributed by atoms with E-state index in [9.17, 15) is 0 Å². The second kappa shape index (κ2) is 10.0. The standard InChI is InChI=1S/C48H29N/c1-2-16-33(17-3-1)49-42-24-11-10-20-36(42)41-29-32(26-28-43(41)49)44-45-35-19-7-5-14-31(35)25-27-40(45)48-46(38-21-8-9-22-39(38)47(44)48)37-23-12-15-30-13-4-6-18-34(30)37/h1-29H. The van der Waals surface area contributed by atoms with Crippen molar-refractivity contribution in [3.63, 3.8) is 0 Å². The molecule has 0 amide bonds. The monoisotopic (exact) mass is 619 g/mol. The number of benzene rings is 8. The number of rotatable bonds is 3. The third-order valence-electron chi connectivity index (χ3n) is 10.7. The van der Waals surface area contributed by atoms with E-state index in [4.69, 9.17) is 0 Å². The molecule has 0 bridgehead atoms. The third-order valence-corrected chi connectivity index (χ3v) is 10.7. The second-order valence-corrected chi connectivity index (χ2v) is 13.2. The summed E-state index contributed by atoms with van der Waals surface area (Å²) >= 11 is 0. The van der Waals surface area contributed by atoms with Crippen LogP contribution in [0.25, 0.3) is 71.3 Å². The van der Waals surface area contributed by atoms with E-state index in [1.54, 1.807) is 0 Å². The predicted molar refractivity (Wildman–Crippen MR) is 207 cm³/mol. The molecule has 0 fully saturated rings. The van der Waals surface area contributed by atoms with E-state index in [1.807, 2.05) is 0 Å². The maximum absolute atomic E-state index is 2.45. The average Bonchev–Trinajstić information content (AvgIpc) is 3.80. The Balaban J connectivity index is 1.29. The zero-order valence-corrected chi connectivity index (χ0v) is 26.7. The van der Waals surface area contributed by atoms with Crippen LogP contribution < -0.4 is 0 Å². The van der Waals surface area contributed by atoms with Crippen LogP contribution in [-0.2, 0) is 0 Å². The van der Waals surface area contributed by atoms with E-state index in [0.717, 1.165) is 0 Å². The minimum atomic E-state index is 1.18. The first-order valence-electron chi connectivity index (χ1n) is 17.0. The first-order chi connectivity index (χ1) is 24.3. The van der Waals surface area contributed by atoms with Crippen molar-refractivity contribution in [2.24, 2.45) is 0 Å². The van der Waals surface area contributed by atoms with Gasteiger partial charge in [0, 0.05) is 16.5 Å². The summed E-state index contributed by atoms with van der Waals surface area (Å²) in [5, 5.41) is 7.65. The summed E-state index contributed by atoms with van der Waals surface area (Å²) < 4.78 is 2.40. The average molecular weight is 620 g/mol. The molecular weight excluding hydrogens is 591 g/mol. The molecule has 1 nitrogen and oxygen atoms in total. The maximum atomic E-state index is 2.45. The third kappa shape index (κ3) is 3.65. The number of para-hydroxylation sites is 2. The summed E-state index contributed by atoms with van der Waals surface area (Å²) in [7, 11) is 0. The minimum Gasteiger partial charge on any atom is -0.309 e. The highest BCUT2D eigenvalue weighted by Gasteiger charge is 2.38. The highest BCUT2D eigenvalue weighted by atomic mass is 15.0. The fourth-order valence-corrected chi connectivity index (χ4v) is 8.71. The molecule has 1 aromatic heterocycles. The molecule has 0 saturated carbocycles. The molecule has 9 aromatic rings. The summed E-state index contributed by atoms with van der Waals surface area (Å²) in [6.45, 7) is 0. The van der Waals surface area contributed by atoms with Gasteiger partial charge in [0.1, 0.15) is 0 Å². The summed E-state index contributed by atoms with van der Waals surface area (Å²) in [6.07, 6.45) is 0. The van der Waals surface area contributed by atoms with Gasteiger partial charge in [-0.15, -0.1) is 0 Å². The predicted octanol–water partition coefficient (Wildman–Crippen LogP) is 12.3. The van der Waals surface area contributed by atoms with Crippen LogP contribution in [0.15, 0.2) is 176 Å². The molecule has 0 unspecified atom stereocenters. The number of aromatic nitrogens is 1.